The number of aromatic nitrogens is 1. The van der Waals surface area contributed by atoms with E-state index in [1.807, 2.05) is 12.1 Å². The molecule has 0 spiro atoms. The standard InChI is InChI=1S/C26H40NO.BF4/c1-23(2,3)19-13-17(14-20(27-19)24(4,5)6)18-15-21(25(7,8)9)28-22(16-18)26(10,11)12;2-1(3,4)5/h13-16H,1-12H3;/q+1;-1/i13D,14D;. The van der Waals surface area contributed by atoms with Gasteiger partial charge in [-0.2, -0.15) is 0 Å². The Kier molecular flexibility index (Phi) is 7.31. The summed E-state index contributed by atoms with van der Waals surface area (Å²) < 4.78 is 63.3. The molecule has 0 aliphatic carbocycles. The molecule has 2 aromatic rings. The van der Waals surface area contributed by atoms with Crippen LogP contribution in [0.1, 0.15) is 109 Å². The Bertz CT molecular complexity index is 981. The zero-order valence-electron chi connectivity index (χ0n) is 24.1. The molecule has 0 unspecified atom stereocenters. The van der Waals surface area contributed by atoms with Crippen molar-refractivity contribution in [1.82, 2.24) is 4.98 Å². The topological polar surface area (TPSA) is 24.2 Å². The van der Waals surface area contributed by atoms with Gasteiger partial charge >= 0.3 is 18.8 Å². The van der Waals surface area contributed by atoms with E-state index in [9.17, 15) is 17.3 Å². The molecular formula is C26H40BF4NO. The molecule has 0 N–H and O–H groups in total. The third-order valence-electron chi connectivity index (χ3n) is 4.69. The van der Waals surface area contributed by atoms with E-state index < -0.39 is 7.25 Å². The average Bonchev–Trinajstić information content (AvgIpc) is 2.56. The molecule has 2 rings (SSSR count). The van der Waals surface area contributed by atoms with Crippen molar-refractivity contribution < 1.29 is 24.4 Å². The fourth-order valence-electron chi connectivity index (χ4n) is 2.68. The quantitative estimate of drug-likeness (QED) is 0.235. The molecule has 0 aromatic carbocycles. The van der Waals surface area contributed by atoms with Gasteiger partial charge in [-0.05, 0) is 64.8 Å². The first-order valence-electron chi connectivity index (χ1n) is 12.1. The van der Waals surface area contributed by atoms with E-state index >= 15 is 0 Å². The van der Waals surface area contributed by atoms with E-state index in [1.54, 1.807) is 0 Å². The van der Waals surface area contributed by atoms with Crippen molar-refractivity contribution in [2.45, 2.75) is 105 Å². The number of nitrogens with zero attached hydrogens (tertiary/aromatic N) is 1. The van der Waals surface area contributed by atoms with Gasteiger partial charge in [0.15, 0.2) is 0 Å². The summed E-state index contributed by atoms with van der Waals surface area (Å²) in [4.78, 5) is 4.84. The summed E-state index contributed by atoms with van der Waals surface area (Å²) in [5, 5.41) is 0. The highest BCUT2D eigenvalue weighted by Crippen LogP contribution is 2.36. The lowest BCUT2D eigenvalue weighted by Gasteiger charge is -2.25. The van der Waals surface area contributed by atoms with Gasteiger partial charge in [0.2, 0.25) is 0 Å². The molecule has 0 aliphatic heterocycles. The monoisotopic (exact) mass is 471 g/mol. The highest BCUT2D eigenvalue weighted by atomic mass is 19.5. The molecule has 0 atom stereocenters. The Morgan fingerprint density at radius 2 is 0.939 bits per heavy atom. The maximum atomic E-state index is 9.75. The second-order valence-electron chi connectivity index (χ2n) is 12.5. The van der Waals surface area contributed by atoms with Crippen LogP contribution in [0.4, 0.5) is 17.3 Å². The predicted molar refractivity (Wildman–Crippen MR) is 131 cm³/mol. The molecule has 2 aromatic heterocycles. The second kappa shape index (κ2) is 9.38. The minimum Gasteiger partial charge on any atom is -0.418 e. The third-order valence-corrected chi connectivity index (χ3v) is 4.69. The van der Waals surface area contributed by atoms with Gasteiger partial charge in [0, 0.05) is 34.4 Å². The molecule has 0 saturated carbocycles. The van der Waals surface area contributed by atoms with Crippen molar-refractivity contribution in [3.8, 4) is 11.1 Å². The fraction of sp³-hybridized carbons (Fsp3) is 0.615. The van der Waals surface area contributed by atoms with Crippen LogP contribution in [-0.2, 0) is 21.7 Å². The molecule has 2 heterocycles. The van der Waals surface area contributed by atoms with Gasteiger partial charge in [0.1, 0.15) is 0 Å². The molecule has 2 nitrogen and oxygen atoms in total. The van der Waals surface area contributed by atoms with Crippen molar-refractivity contribution in [2.24, 2.45) is 0 Å². The van der Waals surface area contributed by atoms with Gasteiger partial charge in [-0.15, -0.1) is 0 Å². The predicted octanol–water partition coefficient (Wildman–Crippen LogP) is 9.11. The van der Waals surface area contributed by atoms with Crippen LogP contribution >= 0.6 is 0 Å². The van der Waals surface area contributed by atoms with Crippen molar-refractivity contribution in [3.05, 3.63) is 47.1 Å². The minimum absolute atomic E-state index is 0.187. The zero-order valence-corrected chi connectivity index (χ0v) is 22.1. The van der Waals surface area contributed by atoms with E-state index in [2.05, 4.69) is 83.1 Å². The molecule has 0 radical (unpaired) electrons. The molecule has 7 heteroatoms. The largest absolute Gasteiger partial charge is 0.673 e. The van der Waals surface area contributed by atoms with Gasteiger partial charge in [-0.1, -0.05) is 41.5 Å². The van der Waals surface area contributed by atoms with E-state index in [1.165, 1.54) is 0 Å². The molecule has 0 saturated heterocycles. The number of pyridine rings is 1. The van der Waals surface area contributed by atoms with Crippen LogP contribution in [0, 0.1) is 0 Å². The maximum absolute atomic E-state index is 9.75. The number of hydrogen-bond donors (Lipinski definition) is 0. The SMILES string of the molecule is F[B-](F)(F)F.[2H]c1c(C(C)(C)C)nc(C(C)(C)C)c([2H])c1-c1cc(C(C)(C)C)[o+]c(C(C)(C)C)c1. The van der Waals surface area contributed by atoms with Gasteiger partial charge in [0.05, 0.1) is 13.6 Å². The van der Waals surface area contributed by atoms with Crippen LogP contribution in [0.2, 0.25) is 0 Å². The van der Waals surface area contributed by atoms with Crippen LogP contribution in [0.15, 0.2) is 28.6 Å². The Hall–Kier alpha value is -1.92. The van der Waals surface area contributed by atoms with Gasteiger partial charge in [-0.3, -0.25) is 4.98 Å². The lowest BCUT2D eigenvalue weighted by atomic mass is 9.84. The lowest BCUT2D eigenvalue weighted by molar-refractivity contribution is 0.329. The second-order valence-corrected chi connectivity index (χ2v) is 12.5. The van der Waals surface area contributed by atoms with Crippen molar-refractivity contribution in [1.29, 1.82) is 0 Å². The molecule has 33 heavy (non-hydrogen) atoms. The molecule has 186 valence electrons. The summed E-state index contributed by atoms with van der Waals surface area (Å²) in [7, 11) is -6.00. The Labute approximate surface area is 200 Å². The Morgan fingerprint density at radius 1 is 0.636 bits per heavy atom. The minimum atomic E-state index is -6.00. The summed E-state index contributed by atoms with van der Waals surface area (Å²) in [5.41, 5.74) is 2.01. The van der Waals surface area contributed by atoms with Crippen LogP contribution < -0.4 is 0 Å². The summed E-state index contributed by atoms with van der Waals surface area (Å²) in [6.45, 7) is 25.2. The first-order chi connectivity index (χ1) is 15.2. The molecule has 0 fully saturated rings. The molecule has 0 bridgehead atoms. The van der Waals surface area contributed by atoms with Gasteiger partial charge < -0.3 is 17.3 Å². The highest BCUT2D eigenvalue weighted by Gasteiger charge is 2.34. The van der Waals surface area contributed by atoms with E-state index in [0.29, 0.717) is 17.6 Å². The van der Waals surface area contributed by atoms with Gasteiger partial charge in [0.25, 0.3) is 0 Å². The average molecular weight is 471 g/mol. The van der Waals surface area contributed by atoms with Crippen LogP contribution in [0.25, 0.3) is 11.1 Å². The van der Waals surface area contributed by atoms with Crippen LogP contribution in [-0.4, -0.2) is 12.2 Å². The summed E-state index contributed by atoms with van der Waals surface area (Å²) in [6.07, 6.45) is 0. The molecule has 0 aliphatic rings. The normalized spacial score (nSPS) is 14.3. The zero-order chi connectivity index (χ0) is 27.9. The van der Waals surface area contributed by atoms with E-state index in [-0.39, 0.29) is 21.7 Å². The summed E-state index contributed by atoms with van der Waals surface area (Å²) in [6, 6.07) is 4.71. The van der Waals surface area contributed by atoms with E-state index in [0.717, 1.165) is 28.5 Å². The maximum Gasteiger partial charge on any atom is 0.673 e. The number of halogens is 4. The fourth-order valence-corrected chi connectivity index (χ4v) is 2.68. The van der Waals surface area contributed by atoms with Crippen LogP contribution in [0.3, 0.4) is 0 Å². The first kappa shape index (κ1) is 25.7. The Morgan fingerprint density at radius 3 is 1.18 bits per heavy atom. The van der Waals surface area contributed by atoms with Gasteiger partial charge in [-0.25, -0.2) is 4.42 Å². The van der Waals surface area contributed by atoms with Crippen molar-refractivity contribution in [3.63, 3.8) is 0 Å². The van der Waals surface area contributed by atoms with Crippen LogP contribution in [0.5, 0.6) is 0 Å². The number of rotatable bonds is 1. The summed E-state index contributed by atoms with van der Waals surface area (Å²) in [5.74, 6) is 1.71. The Balaban J connectivity index is 0.00000111. The highest BCUT2D eigenvalue weighted by molar-refractivity contribution is 6.50. The molecule has 0 amide bonds. The van der Waals surface area contributed by atoms with Crippen molar-refractivity contribution >= 4 is 7.25 Å². The first-order valence-corrected chi connectivity index (χ1v) is 11.1. The number of hydrogen-bond acceptors (Lipinski definition) is 1. The lowest BCUT2D eigenvalue weighted by Crippen LogP contribution is -2.20. The molecular weight excluding hydrogens is 429 g/mol. The van der Waals surface area contributed by atoms with Crippen molar-refractivity contribution in [2.75, 3.05) is 0 Å². The smallest absolute Gasteiger partial charge is 0.418 e. The van der Waals surface area contributed by atoms with E-state index in [4.69, 9.17) is 12.1 Å². The summed E-state index contributed by atoms with van der Waals surface area (Å²) >= 11 is 0. The third kappa shape index (κ3) is 9.46.